The Morgan fingerprint density at radius 1 is 1.31 bits per heavy atom. The number of hydrogen-bond donors (Lipinski definition) is 0. The van der Waals surface area contributed by atoms with E-state index in [1.165, 1.54) is 0 Å². The number of rotatable bonds is 6. The van der Waals surface area contributed by atoms with E-state index >= 15 is 0 Å². The Labute approximate surface area is 149 Å². The van der Waals surface area contributed by atoms with Gasteiger partial charge < -0.3 is 9.42 Å². The van der Waals surface area contributed by atoms with Gasteiger partial charge in [0.25, 0.3) is 0 Å². The van der Waals surface area contributed by atoms with Crippen LogP contribution < -0.4 is 0 Å². The molecular formula is C18H20F3N3O2. The fraction of sp³-hybridized carbons (Fsp3) is 0.500. The molecule has 140 valence electrons. The van der Waals surface area contributed by atoms with Crippen molar-refractivity contribution in [2.24, 2.45) is 11.8 Å². The topological polar surface area (TPSA) is 59.2 Å². The van der Waals surface area contributed by atoms with Crippen LogP contribution in [0.15, 0.2) is 28.8 Å². The summed E-state index contributed by atoms with van der Waals surface area (Å²) in [6.07, 6.45) is -2.85. The van der Waals surface area contributed by atoms with Crippen molar-refractivity contribution >= 4 is 5.91 Å². The maximum absolute atomic E-state index is 12.5. The van der Waals surface area contributed by atoms with Crippen LogP contribution in [0, 0.1) is 11.8 Å². The SMILES string of the molecule is CCCN(Cc1ccc(-c2noc(C(F)(F)F)n2)cc1)C(=O)C1CC1C. The maximum Gasteiger partial charge on any atom is 0.471 e. The van der Waals surface area contributed by atoms with Gasteiger partial charge in [0.1, 0.15) is 0 Å². The van der Waals surface area contributed by atoms with Gasteiger partial charge in [0.05, 0.1) is 0 Å². The van der Waals surface area contributed by atoms with Gasteiger partial charge >= 0.3 is 12.1 Å². The molecule has 5 nitrogen and oxygen atoms in total. The number of carbonyl (C=O) groups excluding carboxylic acids is 1. The molecule has 1 aliphatic rings. The molecule has 2 aromatic rings. The lowest BCUT2D eigenvalue weighted by Gasteiger charge is -2.22. The molecule has 26 heavy (non-hydrogen) atoms. The molecule has 3 rings (SSSR count). The Bertz CT molecular complexity index is 771. The number of hydrogen-bond acceptors (Lipinski definition) is 4. The zero-order valence-electron chi connectivity index (χ0n) is 14.6. The molecule has 0 radical (unpaired) electrons. The van der Waals surface area contributed by atoms with Crippen molar-refractivity contribution in [3.8, 4) is 11.4 Å². The molecule has 2 atom stereocenters. The smallest absolute Gasteiger partial charge is 0.338 e. The summed E-state index contributed by atoms with van der Waals surface area (Å²) in [6, 6.07) is 6.81. The van der Waals surface area contributed by atoms with Crippen LogP contribution in [0.2, 0.25) is 0 Å². The molecule has 8 heteroatoms. The molecule has 1 fully saturated rings. The fourth-order valence-electron chi connectivity index (χ4n) is 2.87. The van der Waals surface area contributed by atoms with Gasteiger partial charge in [0.2, 0.25) is 11.7 Å². The highest BCUT2D eigenvalue weighted by Crippen LogP contribution is 2.39. The predicted octanol–water partition coefficient (Wildman–Crippen LogP) is 4.15. The second kappa shape index (κ2) is 7.09. The first kappa shape index (κ1) is 18.4. The predicted molar refractivity (Wildman–Crippen MR) is 87.7 cm³/mol. The van der Waals surface area contributed by atoms with E-state index in [1.54, 1.807) is 24.3 Å². The van der Waals surface area contributed by atoms with Crippen LogP contribution in [-0.4, -0.2) is 27.5 Å². The van der Waals surface area contributed by atoms with Crippen LogP contribution in [0.3, 0.4) is 0 Å². The average Bonchev–Trinajstić information content (AvgIpc) is 3.10. The summed E-state index contributed by atoms with van der Waals surface area (Å²) < 4.78 is 41.9. The molecule has 1 aromatic heterocycles. The van der Waals surface area contributed by atoms with Crippen LogP contribution in [0.5, 0.6) is 0 Å². The Balaban J connectivity index is 1.70. The lowest BCUT2D eigenvalue weighted by molar-refractivity contribution is -0.159. The summed E-state index contributed by atoms with van der Waals surface area (Å²) in [4.78, 5) is 17.7. The van der Waals surface area contributed by atoms with Crippen molar-refractivity contribution in [1.29, 1.82) is 0 Å². The van der Waals surface area contributed by atoms with Gasteiger partial charge in [-0.05, 0) is 24.3 Å². The van der Waals surface area contributed by atoms with E-state index in [0.29, 0.717) is 24.6 Å². The molecule has 1 amide bonds. The standard InChI is InChI=1S/C18H20F3N3O2/c1-3-8-24(16(25)14-9-11(14)2)10-12-4-6-13(7-5-12)15-22-17(26-23-15)18(19,20)21/h4-7,11,14H,3,8-10H2,1-2H3. The Morgan fingerprint density at radius 3 is 2.46 bits per heavy atom. The Kier molecular flexibility index (Phi) is 5.02. The largest absolute Gasteiger partial charge is 0.471 e. The van der Waals surface area contributed by atoms with Crippen molar-refractivity contribution in [2.45, 2.75) is 39.4 Å². The molecule has 0 aliphatic heterocycles. The highest BCUT2D eigenvalue weighted by molar-refractivity contribution is 5.81. The Morgan fingerprint density at radius 2 is 1.96 bits per heavy atom. The molecule has 0 spiro atoms. The maximum atomic E-state index is 12.5. The number of aromatic nitrogens is 2. The van der Waals surface area contributed by atoms with Crippen molar-refractivity contribution < 1.29 is 22.5 Å². The number of alkyl halides is 3. The van der Waals surface area contributed by atoms with Gasteiger partial charge in [-0.25, -0.2) is 0 Å². The molecule has 0 saturated heterocycles. The third-order valence-electron chi connectivity index (χ3n) is 4.49. The van der Waals surface area contributed by atoms with Crippen LogP contribution in [-0.2, 0) is 17.5 Å². The number of amides is 1. The quantitative estimate of drug-likeness (QED) is 0.770. The van der Waals surface area contributed by atoms with E-state index in [1.807, 2.05) is 11.8 Å². The summed E-state index contributed by atoms with van der Waals surface area (Å²) in [5.74, 6) is -0.727. The van der Waals surface area contributed by atoms with Crippen LogP contribution in [0.4, 0.5) is 13.2 Å². The van der Waals surface area contributed by atoms with Gasteiger partial charge in [-0.3, -0.25) is 4.79 Å². The number of carbonyl (C=O) groups is 1. The minimum atomic E-state index is -4.66. The van der Waals surface area contributed by atoms with E-state index in [0.717, 1.165) is 18.4 Å². The number of benzene rings is 1. The molecule has 0 N–H and O–H groups in total. The highest BCUT2D eigenvalue weighted by atomic mass is 19.4. The van der Waals surface area contributed by atoms with E-state index in [4.69, 9.17) is 0 Å². The normalized spacial score (nSPS) is 19.4. The third-order valence-corrected chi connectivity index (χ3v) is 4.49. The second-order valence-electron chi connectivity index (χ2n) is 6.70. The highest BCUT2D eigenvalue weighted by Gasteiger charge is 2.41. The second-order valence-corrected chi connectivity index (χ2v) is 6.70. The number of halogens is 3. The van der Waals surface area contributed by atoms with Gasteiger partial charge in [-0.15, -0.1) is 0 Å². The molecule has 1 aliphatic carbocycles. The first-order valence-electron chi connectivity index (χ1n) is 8.58. The molecule has 0 bridgehead atoms. The first-order valence-corrected chi connectivity index (χ1v) is 8.58. The Hall–Kier alpha value is -2.38. The summed E-state index contributed by atoms with van der Waals surface area (Å²) in [7, 11) is 0. The zero-order valence-corrected chi connectivity index (χ0v) is 14.6. The number of nitrogens with zero attached hydrogens (tertiary/aromatic N) is 3. The van der Waals surface area contributed by atoms with Gasteiger partial charge in [0.15, 0.2) is 0 Å². The van der Waals surface area contributed by atoms with Crippen LogP contribution >= 0.6 is 0 Å². The lowest BCUT2D eigenvalue weighted by Crippen LogP contribution is -2.32. The lowest BCUT2D eigenvalue weighted by atomic mass is 10.1. The summed E-state index contributed by atoms with van der Waals surface area (Å²) in [5, 5.41) is 3.37. The summed E-state index contributed by atoms with van der Waals surface area (Å²) in [5.41, 5.74) is 1.33. The zero-order chi connectivity index (χ0) is 18.9. The van der Waals surface area contributed by atoms with Crippen molar-refractivity contribution in [3.05, 3.63) is 35.7 Å². The molecule has 1 heterocycles. The van der Waals surface area contributed by atoms with E-state index in [-0.39, 0.29) is 17.6 Å². The third kappa shape index (κ3) is 4.05. The first-order chi connectivity index (χ1) is 12.3. The van der Waals surface area contributed by atoms with E-state index in [9.17, 15) is 18.0 Å². The fourth-order valence-corrected chi connectivity index (χ4v) is 2.87. The van der Waals surface area contributed by atoms with Gasteiger partial charge in [-0.2, -0.15) is 18.2 Å². The minimum Gasteiger partial charge on any atom is -0.338 e. The van der Waals surface area contributed by atoms with Crippen LogP contribution in [0.1, 0.15) is 38.1 Å². The van der Waals surface area contributed by atoms with Gasteiger partial charge in [0, 0.05) is 24.6 Å². The monoisotopic (exact) mass is 367 g/mol. The minimum absolute atomic E-state index is 0.114. The van der Waals surface area contributed by atoms with E-state index in [2.05, 4.69) is 21.6 Å². The van der Waals surface area contributed by atoms with Crippen molar-refractivity contribution in [2.75, 3.05) is 6.54 Å². The molecule has 1 aromatic carbocycles. The molecular weight excluding hydrogens is 347 g/mol. The van der Waals surface area contributed by atoms with Gasteiger partial charge in [-0.1, -0.05) is 43.3 Å². The van der Waals surface area contributed by atoms with E-state index < -0.39 is 12.1 Å². The summed E-state index contributed by atoms with van der Waals surface area (Å²) >= 11 is 0. The molecule has 2 unspecified atom stereocenters. The van der Waals surface area contributed by atoms with Crippen molar-refractivity contribution in [1.82, 2.24) is 15.0 Å². The average molecular weight is 367 g/mol. The van der Waals surface area contributed by atoms with Crippen molar-refractivity contribution in [3.63, 3.8) is 0 Å². The summed E-state index contributed by atoms with van der Waals surface area (Å²) in [6.45, 7) is 5.26. The van der Waals surface area contributed by atoms with Crippen LogP contribution in [0.25, 0.3) is 11.4 Å². The molecule has 1 saturated carbocycles.